The van der Waals surface area contributed by atoms with Gasteiger partial charge in [0.25, 0.3) is 0 Å². The van der Waals surface area contributed by atoms with Gasteiger partial charge in [0.1, 0.15) is 5.69 Å². The van der Waals surface area contributed by atoms with Crippen LogP contribution in [0.1, 0.15) is 19.5 Å². The van der Waals surface area contributed by atoms with Crippen molar-refractivity contribution in [2.75, 3.05) is 12.8 Å². The minimum Gasteiger partial charge on any atom is -0.466 e. The molecule has 1 aromatic carbocycles. The van der Waals surface area contributed by atoms with E-state index in [4.69, 9.17) is 10.6 Å². The average Bonchev–Trinajstić information content (AvgIpc) is 3.26. The molecular formula is C17H16N4O4S3. The van der Waals surface area contributed by atoms with Crippen molar-refractivity contribution in [1.82, 2.24) is 9.97 Å². The number of ether oxygens (including phenoxy) is 1. The van der Waals surface area contributed by atoms with Crippen LogP contribution in [0.2, 0.25) is 0 Å². The van der Waals surface area contributed by atoms with Crippen molar-refractivity contribution in [3.63, 3.8) is 0 Å². The number of benzene rings is 1. The molecular weight excluding hydrogens is 420 g/mol. The third-order valence-electron chi connectivity index (χ3n) is 3.45. The quantitative estimate of drug-likeness (QED) is 0.271. The molecule has 0 aliphatic rings. The summed E-state index contributed by atoms with van der Waals surface area (Å²) < 4.78 is 6.22. The van der Waals surface area contributed by atoms with E-state index in [1.165, 1.54) is 43.6 Å². The van der Waals surface area contributed by atoms with E-state index in [-0.39, 0.29) is 16.5 Å². The summed E-state index contributed by atoms with van der Waals surface area (Å²) >= 11 is 3.47. The summed E-state index contributed by atoms with van der Waals surface area (Å²) in [5.74, 6) is -0.625. The first-order valence-electron chi connectivity index (χ1n) is 7.94. The van der Waals surface area contributed by atoms with Crippen molar-refractivity contribution in [2.24, 2.45) is 5.16 Å². The maximum atomic E-state index is 12.9. The summed E-state index contributed by atoms with van der Waals surface area (Å²) in [5.41, 5.74) is 5.32. The van der Waals surface area contributed by atoms with Crippen LogP contribution in [-0.4, -0.2) is 39.5 Å². The Kier molecular flexibility index (Phi) is 5.96. The van der Waals surface area contributed by atoms with Crippen LogP contribution in [0.25, 0.3) is 10.2 Å². The molecule has 0 unspecified atom stereocenters. The van der Waals surface area contributed by atoms with E-state index in [1.807, 2.05) is 24.3 Å². The lowest BCUT2D eigenvalue weighted by molar-refractivity contribution is -0.165. The molecule has 0 aliphatic carbocycles. The number of thioether (sulfide) groups is 1. The lowest BCUT2D eigenvalue weighted by Crippen LogP contribution is -2.35. The number of anilines is 1. The number of nitrogen functional groups attached to an aromatic ring is 1. The minimum absolute atomic E-state index is 0.0609. The maximum absolute atomic E-state index is 12.9. The van der Waals surface area contributed by atoms with Crippen LogP contribution in [0.15, 0.2) is 39.1 Å². The third kappa shape index (κ3) is 4.49. The fraction of sp³-hybridized carbons (Fsp3) is 0.235. The fourth-order valence-electron chi connectivity index (χ4n) is 2.05. The first kappa shape index (κ1) is 20.2. The number of carbonyl (C=O) groups is 2. The first-order chi connectivity index (χ1) is 13.3. The van der Waals surface area contributed by atoms with Crippen molar-refractivity contribution in [3.05, 3.63) is 35.3 Å². The summed E-state index contributed by atoms with van der Waals surface area (Å²) in [6.45, 7) is 2.97. The highest BCUT2D eigenvalue weighted by atomic mass is 32.2. The summed E-state index contributed by atoms with van der Waals surface area (Å²) in [6.07, 6.45) is 0. The molecule has 8 nitrogen and oxygen atoms in total. The molecule has 28 heavy (non-hydrogen) atoms. The predicted molar refractivity (Wildman–Crippen MR) is 111 cm³/mol. The Morgan fingerprint density at radius 2 is 2.00 bits per heavy atom. The van der Waals surface area contributed by atoms with Crippen LogP contribution >= 0.6 is 34.4 Å². The van der Waals surface area contributed by atoms with Crippen molar-refractivity contribution < 1.29 is 19.2 Å². The Hall–Kier alpha value is -2.50. The van der Waals surface area contributed by atoms with Gasteiger partial charge >= 0.3 is 5.97 Å². The summed E-state index contributed by atoms with van der Waals surface area (Å²) in [7, 11) is 1.24. The van der Waals surface area contributed by atoms with Gasteiger partial charge in [-0.15, -0.1) is 22.7 Å². The zero-order chi connectivity index (χ0) is 20.3. The predicted octanol–water partition coefficient (Wildman–Crippen LogP) is 3.33. The second kappa shape index (κ2) is 8.25. The van der Waals surface area contributed by atoms with E-state index < -0.39 is 16.7 Å². The second-order valence-corrected chi connectivity index (χ2v) is 9.08. The molecule has 2 heterocycles. The number of carbonyl (C=O) groups excluding carboxylic acids is 2. The van der Waals surface area contributed by atoms with Crippen molar-refractivity contribution in [3.8, 4) is 0 Å². The molecule has 0 spiro atoms. The SMILES string of the molecule is COC(=O)C(C)(C)O/N=C(\C(=O)Sc1nc2ccccc2s1)c1csc(N)n1. The molecule has 0 amide bonds. The highest BCUT2D eigenvalue weighted by molar-refractivity contribution is 8.16. The van der Waals surface area contributed by atoms with Gasteiger partial charge in [-0.2, -0.15) is 0 Å². The number of methoxy groups -OCH3 is 1. The molecule has 146 valence electrons. The number of fused-ring (bicyclic) bond motifs is 1. The van der Waals surface area contributed by atoms with Gasteiger partial charge in [0.2, 0.25) is 10.7 Å². The number of hydrogen-bond donors (Lipinski definition) is 1. The smallest absolute Gasteiger partial charge is 0.352 e. The molecule has 3 rings (SSSR count). The summed E-state index contributed by atoms with van der Waals surface area (Å²) in [4.78, 5) is 38.5. The average molecular weight is 437 g/mol. The van der Waals surface area contributed by atoms with Crippen molar-refractivity contribution >= 4 is 66.6 Å². The van der Waals surface area contributed by atoms with E-state index in [1.54, 1.807) is 5.38 Å². The Labute approximate surface area is 172 Å². The largest absolute Gasteiger partial charge is 0.466 e. The fourth-order valence-corrected chi connectivity index (χ4v) is 4.50. The molecule has 0 saturated carbocycles. The van der Waals surface area contributed by atoms with Crippen molar-refractivity contribution in [1.29, 1.82) is 0 Å². The normalized spacial score (nSPS) is 12.2. The number of hydrogen-bond acceptors (Lipinski definition) is 11. The Morgan fingerprint density at radius 1 is 1.25 bits per heavy atom. The number of para-hydroxylation sites is 1. The van der Waals surface area contributed by atoms with E-state index in [0.29, 0.717) is 4.34 Å². The van der Waals surface area contributed by atoms with E-state index >= 15 is 0 Å². The van der Waals surface area contributed by atoms with Gasteiger partial charge in [-0.25, -0.2) is 14.8 Å². The van der Waals surface area contributed by atoms with Crippen LogP contribution in [-0.2, 0) is 19.2 Å². The Balaban J connectivity index is 1.88. The summed E-state index contributed by atoms with van der Waals surface area (Å²) in [5, 5.41) is 5.36. The maximum Gasteiger partial charge on any atom is 0.352 e. The van der Waals surface area contributed by atoms with Gasteiger partial charge in [0.05, 0.1) is 17.3 Å². The van der Waals surface area contributed by atoms with Gasteiger partial charge in [-0.05, 0) is 37.7 Å². The molecule has 0 saturated heterocycles. The van der Waals surface area contributed by atoms with Crippen LogP contribution < -0.4 is 5.73 Å². The first-order valence-corrected chi connectivity index (χ1v) is 10.4. The summed E-state index contributed by atoms with van der Waals surface area (Å²) in [6, 6.07) is 7.59. The number of esters is 1. The topological polar surface area (TPSA) is 117 Å². The van der Waals surface area contributed by atoms with E-state index in [9.17, 15) is 9.59 Å². The number of nitrogens with zero attached hydrogens (tertiary/aromatic N) is 3. The highest BCUT2D eigenvalue weighted by Gasteiger charge is 2.32. The molecule has 2 aromatic heterocycles. The van der Waals surface area contributed by atoms with Gasteiger partial charge in [0, 0.05) is 5.38 Å². The molecule has 0 bridgehead atoms. The molecule has 0 atom stereocenters. The van der Waals surface area contributed by atoms with Gasteiger partial charge in [-0.1, -0.05) is 17.3 Å². The number of nitrogens with two attached hydrogens (primary N) is 1. The molecule has 11 heteroatoms. The zero-order valence-corrected chi connectivity index (χ0v) is 17.6. The number of aromatic nitrogens is 2. The standard InChI is InChI=1S/C17H16N4O4S3/c1-17(2,14(23)24-3)25-21-12(10-8-26-15(18)19-10)13(22)28-16-20-9-6-4-5-7-11(9)27-16/h4-8H,1-3H3,(H2,18,19)/b21-12-. The number of thiazole rings is 2. The van der Waals surface area contributed by atoms with Crippen LogP contribution in [0.4, 0.5) is 5.13 Å². The monoisotopic (exact) mass is 436 g/mol. The number of rotatable bonds is 6. The molecule has 0 aliphatic heterocycles. The van der Waals surface area contributed by atoms with Gasteiger partial charge in [-0.3, -0.25) is 4.79 Å². The van der Waals surface area contributed by atoms with Crippen LogP contribution in [0.5, 0.6) is 0 Å². The molecule has 0 fully saturated rings. The lowest BCUT2D eigenvalue weighted by atomic mass is 10.1. The molecule has 3 aromatic rings. The Morgan fingerprint density at radius 3 is 2.64 bits per heavy atom. The third-order valence-corrected chi connectivity index (χ3v) is 6.10. The van der Waals surface area contributed by atoms with Gasteiger partial charge in [0.15, 0.2) is 15.2 Å². The second-order valence-electron chi connectivity index (χ2n) is 5.94. The highest BCUT2D eigenvalue weighted by Crippen LogP contribution is 2.31. The lowest BCUT2D eigenvalue weighted by Gasteiger charge is -2.19. The van der Waals surface area contributed by atoms with Crippen LogP contribution in [0, 0.1) is 0 Å². The number of oxime groups is 1. The molecule has 0 radical (unpaired) electrons. The molecule has 2 N–H and O–H groups in total. The van der Waals surface area contributed by atoms with E-state index in [2.05, 4.69) is 19.9 Å². The minimum atomic E-state index is -1.37. The zero-order valence-electron chi connectivity index (χ0n) is 15.2. The van der Waals surface area contributed by atoms with Gasteiger partial charge < -0.3 is 15.3 Å². The van der Waals surface area contributed by atoms with Crippen LogP contribution in [0.3, 0.4) is 0 Å². The Bertz CT molecular complexity index is 1020. The van der Waals surface area contributed by atoms with Crippen molar-refractivity contribution in [2.45, 2.75) is 23.8 Å². The van der Waals surface area contributed by atoms with E-state index in [0.717, 1.165) is 22.0 Å².